The van der Waals surface area contributed by atoms with E-state index in [4.69, 9.17) is 4.74 Å². The van der Waals surface area contributed by atoms with Crippen LogP contribution in [0.3, 0.4) is 0 Å². The predicted octanol–water partition coefficient (Wildman–Crippen LogP) is 1.89. The molecule has 1 fully saturated rings. The zero-order chi connectivity index (χ0) is 18.4. The van der Waals surface area contributed by atoms with Gasteiger partial charge in [0, 0.05) is 50.2 Å². The Balaban J connectivity index is 1.60. The van der Waals surface area contributed by atoms with Crippen molar-refractivity contribution in [2.45, 2.75) is 25.9 Å². The lowest BCUT2D eigenvalue weighted by atomic mass is 10.2. The highest BCUT2D eigenvalue weighted by molar-refractivity contribution is 5.94. The molecule has 0 radical (unpaired) electrons. The summed E-state index contributed by atoms with van der Waals surface area (Å²) in [6, 6.07) is 13.3. The molecule has 2 heterocycles. The maximum atomic E-state index is 12.6. The van der Waals surface area contributed by atoms with Gasteiger partial charge in [0.15, 0.2) is 0 Å². The quantitative estimate of drug-likeness (QED) is 0.771. The van der Waals surface area contributed by atoms with Gasteiger partial charge >= 0.3 is 0 Å². The first-order valence-electron chi connectivity index (χ1n) is 9.06. The van der Waals surface area contributed by atoms with Crippen molar-refractivity contribution in [2.24, 2.45) is 0 Å². The van der Waals surface area contributed by atoms with E-state index in [9.17, 15) is 9.59 Å². The molecule has 6 heteroatoms. The first-order chi connectivity index (χ1) is 12.7. The van der Waals surface area contributed by atoms with E-state index in [-0.39, 0.29) is 17.5 Å². The van der Waals surface area contributed by atoms with E-state index < -0.39 is 0 Å². The van der Waals surface area contributed by atoms with Crippen LogP contribution in [0.25, 0.3) is 0 Å². The number of hydrogen-bond donors (Lipinski definition) is 1. The molecule has 0 bridgehead atoms. The first kappa shape index (κ1) is 18.2. The van der Waals surface area contributed by atoms with Crippen LogP contribution in [0.2, 0.25) is 0 Å². The van der Waals surface area contributed by atoms with Crippen LogP contribution < -0.4 is 15.8 Å². The average molecular weight is 355 g/mol. The molecule has 1 saturated heterocycles. The summed E-state index contributed by atoms with van der Waals surface area (Å²) >= 11 is 0. The number of nitrogens with zero attached hydrogens (tertiary/aromatic N) is 2. The number of carbonyl (C=O) groups excluding carboxylic acids is 1. The van der Waals surface area contributed by atoms with Gasteiger partial charge in [-0.25, -0.2) is 0 Å². The molecule has 0 aliphatic carbocycles. The van der Waals surface area contributed by atoms with E-state index in [0.717, 1.165) is 19.5 Å². The third kappa shape index (κ3) is 4.52. The summed E-state index contributed by atoms with van der Waals surface area (Å²) in [6.07, 6.45) is 2.52. The summed E-state index contributed by atoms with van der Waals surface area (Å²) in [7, 11) is 0. The van der Waals surface area contributed by atoms with Crippen LogP contribution >= 0.6 is 0 Å². The maximum absolute atomic E-state index is 12.6. The minimum Gasteiger partial charge on any atom is -0.380 e. The van der Waals surface area contributed by atoms with Crippen molar-refractivity contribution in [3.05, 3.63) is 64.6 Å². The second-order valence-corrected chi connectivity index (χ2v) is 6.39. The molecule has 2 aromatic rings. The summed E-state index contributed by atoms with van der Waals surface area (Å²) < 4.78 is 6.81. The Hall–Kier alpha value is -2.60. The van der Waals surface area contributed by atoms with E-state index in [2.05, 4.69) is 22.3 Å². The summed E-state index contributed by atoms with van der Waals surface area (Å²) in [5.41, 5.74) is 1.55. The molecule has 1 atom stereocenters. The van der Waals surface area contributed by atoms with E-state index in [1.54, 1.807) is 12.3 Å². The van der Waals surface area contributed by atoms with Crippen LogP contribution in [0.1, 0.15) is 23.7 Å². The first-order valence-corrected chi connectivity index (χ1v) is 9.06. The van der Waals surface area contributed by atoms with Gasteiger partial charge in [0.05, 0.1) is 12.2 Å². The van der Waals surface area contributed by atoms with Crippen molar-refractivity contribution in [3.8, 4) is 0 Å². The molecule has 26 heavy (non-hydrogen) atoms. The zero-order valence-electron chi connectivity index (χ0n) is 15.1. The van der Waals surface area contributed by atoms with Gasteiger partial charge in [-0.15, -0.1) is 0 Å². The van der Waals surface area contributed by atoms with Crippen molar-refractivity contribution < 1.29 is 9.53 Å². The summed E-state index contributed by atoms with van der Waals surface area (Å²) in [6.45, 7) is 5.12. The van der Waals surface area contributed by atoms with Crippen LogP contribution in [0.5, 0.6) is 0 Å². The highest BCUT2D eigenvalue weighted by atomic mass is 16.5. The molecule has 1 N–H and O–H groups in total. The Bertz CT molecular complexity index is 788. The monoisotopic (exact) mass is 355 g/mol. The predicted molar refractivity (Wildman–Crippen MR) is 102 cm³/mol. The Kier molecular flexibility index (Phi) is 6.07. The Morgan fingerprint density at radius 3 is 2.81 bits per heavy atom. The van der Waals surface area contributed by atoms with E-state index >= 15 is 0 Å². The lowest BCUT2D eigenvalue weighted by molar-refractivity contribution is 0.0938. The Morgan fingerprint density at radius 2 is 2.04 bits per heavy atom. The van der Waals surface area contributed by atoms with Gasteiger partial charge in [0.25, 0.3) is 11.5 Å². The molecule has 1 aliphatic rings. The van der Waals surface area contributed by atoms with Crippen molar-refractivity contribution in [1.29, 1.82) is 0 Å². The lowest BCUT2D eigenvalue weighted by Crippen LogP contribution is -2.37. The fraction of sp³-hybridized carbons (Fsp3) is 0.400. The standard InChI is InChI=1S/C20H25N3O3/c1-2-26-13-12-23-14-16(8-9-19(23)24)20(25)21-17-10-11-22(15-17)18-6-4-3-5-7-18/h3-9,14,17H,2,10-13,15H2,1H3,(H,21,25)/t17-/m0/s1. The molecular weight excluding hydrogens is 330 g/mol. The summed E-state index contributed by atoms with van der Waals surface area (Å²) in [5.74, 6) is -0.143. The minimum atomic E-state index is -0.143. The van der Waals surface area contributed by atoms with Crippen LogP contribution in [0, 0.1) is 0 Å². The average Bonchev–Trinajstić information content (AvgIpc) is 3.12. The highest BCUT2D eigenvalue weighted by Crippen LogP contribution is 2.19. The Labute approximate surface area is 153 Å². The molecule has 0 spiro atoms. The SMILES string of the molecule is CCOCCn1cc(C(=O)N[C@H]2CCN(c3ccccc3)C2)ccc1=O. The highest BCUT2D eigenvalue weighted by Gasteiger charge is 2.24. The smallest absolute Gasteiger partial charge is 0.253 e. The van der Waals surface area contributed by atoms with Gasteiger partial charge in [-0.3, -0.25) is 9.59 Å². The number of rotatable bonds is 7. The van der Waals surface area contributed by atoms with Gasteiger partial charge < -0.3 is 19.5 Å². The number of amides is 1. The van der Waals surface area contributed by atoms with Crippen molar-refractivity contribution in [2.75, 3.05) is 31.2 Å². The van der Waals surface area contributed by atoms with E-state index in [0.29, 0.717) is 25.3 Å². The second-order valence-electron chi connectivity index (χ2n) is 6.39. The van der Waals surface area contributed by atoms with Gasteiger partial charge in [-0.05, 0) is 31.5 Å². The number of hydrogen-bond acceptors (Lipinski definition) is 4. The fourth-order valence-corrected chi connectivity index (χ4v) is 3.17. The van der Waals surface area contributed by atoms with E-state index in [1.165, 1.54) is 16.3 Å². The number of para-hydroxylation sites is 1. The third-order valence-corrected chi connectivity index (χ3v) is 4.57. The van der Waals surface area contributed by atoms with Crippen molar-refractivity contribution in [3.63, 3.8) is 0 Å². The maximum Gasteiger partial charge on any atom is 0.253 e. The minimum absolute atomic E-state index is 0.103. The van der Waals surface area contributed by atoms with Crippen LogP contribution in [-0.4, -0.2) is 42.8 Å². The van der Waals surface area contributed by atoms with Gasteiger partial charge in [-0.1, -0.05) is 18.2 Å². The zero-order valence-corrected chi connectivity index (χ0v) is 15.1. The molecule has 138 valence electrons. The molecule has 6 nitrogen and oxygen atoms in total. The number of benzene rings is 1. The number of carbonyl (C=O) groups is 1. The number of pyridine rings is 1. The van der Waals surface area contributed by atoms with E-state index in [1.807, 2.05) is 25.1 Å². The number of aromatic nitrogens is 1. The molecule has 0 saturated carbocycles. The molecule has 1 aliphatic heterocycles. The fourth-order valence-electron chi connectivity index (χ4n) is 3.17. The molecule has 1 aromatic carbocycles. The van der Waals surface area contributed by atoms with Gasteiger partial charge in [0.1, 0.15) is 0 Å². The van der Waals surface area contributed by atoms with Crippen LogP contribution in [-0.2, 0) is 11.3 Å². The Morgan fingerprint density at radius 1 is 1.23 bits per heavy atom. The second kappa shape index (κ2) is 8.67. The lowest BCUT2D eigenvalue weighted by Gasteiger charge is -2.19. The van der Waals surface area contributed by atoms with Gasteiger partial charge in [0.2, 0.25) is 0 Å². The molecule has 1 amide bonds. The molecular formula is C20H25N3O3. The topological polar surface area (TPSA) is 63.6 Å². The summed E-state index contributed by atoms with van der Waals surface area (Å²) in [5, 5.41) is 3.08. The third-order valence-electron chi connectivity index (χ3n) is 4.57. The molecule has 0 unspecified atom stereocenters. The van der Waals surface area contributed by atoms with Crippen LogP contribution in [0.4, 0.5) is 5.69 Å². The number of anilines is 1. The van der Waals surface area contributed by atoms with Gasteiger partial charge in [-0.2, -0.15) is 0 Å². The van der Waals surface area contributed by atoms with Crippen molar-refractivity contribution >= 4 is 11.6 Å². The van der Waals surface area contributed by atoms with Crippen molar-refractivity contribution in [1.82, 2.24) is 9.88 Å². The van der Waals surface area contributed by atoms with Crippen LogP contribution in [0.15, 0.2) is 53.5 Å². The summed E-state index contributed by atoms with van der Waals surface area (Å²) in [4.78, 5) is 26.7. The normalized spacial score (nSPS) is 16.7. The largest absolute Gasteiger partial charge is 0.380 e. The number of ether oxygens (including phenoxy) is 1. The molecule has 1 aromatic heterocycles. The number of nitrogens with one attached hydrogen (secondary N) is 1. The molecule has 3 rings (SSSR count).